The van der Waals surface area contributed by atoms with E-state index in [1.54, 1.807) is 6.92 Å². The van der Waals surface area contributed by atoms with Gasteiger partial charge in [-0.1, -0.05) is 0 Å². The topological polar surface area (TPSA) is 107 Å². The number of nitrogens with zero attached hydrogens (tertiary/aromatic N) is 3. The van der Waals surface area contributed by atoms with E-state index in [1.807, 2.05) is 6.92 Å². The molecule has 8 nitrogen and oxygen atoms in total. The molecule has 0 radical (unpaired) electrons. The van der Waals surface area contributed by atoms with Gasteiger partial charge in [-0.25, -0.2) is 27.5 Å². The lowest BCUT2D eigenvalue weighted by molar-refractivity contribution is 0.0118. The fourth-order valence-electron chi connectivity index (χ4n) is 4.47. The number of anilines is 1. The first-order chi connectivity index (χ1) is 18.1. The Balaban J connectivity index is 1.76. The van der Waals surface area contributed by atoms with Crippen molar-refractivity contribution >= 4 is 29.0 Å². The molecule has 0 bridgehead atoms. The molecule has 3 atom stereocenters. The molecule has 2 aliphatic rings. The number of aliphatic hydroxyl groups is 1. The molecule has 2 fully saturated rings. The Labute approximate surface area is 228 Å². The minimum Gasteiger partial charge on any atom is -0.388 e. The summed E-state index contributed by atoms with van der Waals surface area (Å²) in [6.45, 7) is 7.13. The van der Waals surface area contributed by atoms with Crippen molar-refractivity contribution < 1.29 is 32.3 Å². The SMILES string of the molecule is C[C@H](Nc1cc(C(F)F)c(-c2sc(C(=O)N[C@H](C)C(C)(C)O)nc2C(=O)N2CC(F)(F)C[C@@H]2C)cn1)C1CC1. The maximum Gasteiger partial charge on any atom is 0.280 e. The molecule has 2 aromatic rings. The van der Waals surface area contributed by atoms with Gasteiger partial charge in [0.05, 0.1) is 23.1 Å². The van der Waals surface area contributed by atoms with E-state index in [-0.39, 0.29) is 33.0 Å². The van der Waals surface area contributed by atoms with Crippen LogP contribution in [0.25, 0.3) is 10.4 Å². The van der Waals surface area contributed by atoms with Gasteiger partial charge in [-0.15, -0.1) is 11.3 Å². The van der Waals surface area contributed by atoms with E-state index in [0.29, 0.717) is 17.3 Å². The Morgan fingerprint density at radius 3 is 2.46 bits per heavy atom. The summed E-state index contributed by atoms with van der Waals surface area (Å²) >= 11 is 0.694. The van der Waals surface area contributed by atoms with Gasteiger partial charge >= 0.3 is 0 Å². The molecule has 1 aliphatic carbocycles. The van der Waals surface area contributed by atoms with Crippen LogP contribution in [0.5, 0.6) is 0 Å². The average Bonchev–Trinajstić information content (AvgIpc) is 3.52. The largest absolute Gasteiger partial charge is 0.388 e. The zero-order valence-corrected chi connectivity index (χ0v) is 23.2. The molecular weight excluding hydrogens is 538 g/mol. The molecule has 2 amide bonds. The highest BCUT2D eigenvalue weighted by Crippen LogP contribution is 2.41. The predicted octanol–water partition coefficient (Wildman–Crippen LogP) is 5.11. The van der Waals surface area contributed by atoms with Crippen LogP contribution in [-0.2, 0) is 0 Å². The van der Waals surface area contributed by atoms with Crippen LogP contribution in [0.4, 0.5) is 23.4 Å². The summed E-state index contributed by atoms with van der Waals surface area (Å²) in [5.74, 6) is -4.03. The second-order valence-corrected chi connectivity index (χ2v) is 12.1. The molecule has 39 heavy (non-hydrogen) atoms. The van der Waals surface area contributed by atoms with Gasteiger partial charge in [0.25, 0.3) is 24.2 Å². The van der Waals surface area contributed by atoms with Gasteiger partial charge in [0.1, 0.15) is 11.5 Å². The van der Waals surface area contributed by atoms with Crippen molar-refractivity contribution in [1.29, 1.82) is 0 Å². The number of alkyl halides is 4. The quantitative estimate of drug-likeness (QED) is 0.361. The fraction of sp³-hybridized carbons (Fsp3) is 0.615. The summed E-state index contributed by atoms with van der Waals surface area (Å²) in [5.41, 5.74) is -2.19. The highest BCUT2D eigenvalue weighted by atomic mass is 32.1. The van der Waals surface area contributed by atoms with Crippen LogP contribution in [0.3, 0.4) is 0 Å². The Morgan fingerprint density at radius 1 is 1.26 bits per heavy atom. The van der Waals surface area contributed by atoms with Crippen LogP contribution in [0.15, 0.2) is 12.3 Å². The maximum absolute atomic E-state index is 14.3. The number of amides is 2. The Bertz CT molecular complexity index is 1240. The number of carbonyl (C=O) groups is 2. The molecule has 13 heteroatoms. The summed E-state index contributed by atoms with van der Waals surface area (Å²) in [5, 5.41) is 15.7. The number of halogens is 4. The van der Waals surface area contributed by atoms with Crippen LogP contribution >= 0.6 is 11.3 Å². The summed E-state index contributed by atoms with van der Waals surface area (Å²) in [6, 6.07) is -0.292. The smallest absolute Gasteiger partial charge is 0.280 e. The molecule has 0 unspecified atom stereocenters. The van der Waals surface area contributed by atoms with E-state index in [1.165, 1.54) is 33.0 Å². The van der Waals surface area contributed by atoms with E-state index >= 15 is 0 Å². The lowest BCUT2D eigenvalue weighted by atomic mass is 10.0. The van der Waals surface area contributed by atoms with E-state index in [4.69, 9.17) is 0 Å². The van der Waals surface area contributed by atoms with E-state index in [0.717, 1.165) is 17.7 Å². The number of aromatic nitrogens is 2. The summed E-state index contributed by atoms with van der Waals surface area (Å²) in [7, 11) is 0. The highest BCUT2D eigenvalue weighted by Gasteiger charge is 2.46. The van der Waals surface area contributed by atoms with Gasteiger partial charge < -0.3 is 20.6 Å². The van der Waals surface area contributed by atoms with Crippen molar-refractivity contribution in [2.75, 3.05) is 11.9 Å². The van der Waals surface area contributed by atoms with Crippen molar-refractivity contribution in [2.45, 2.75) is 90.0 Å². The molecular formula is C26H33F4N5O3S. The van der Waals surface area contributed by atoms with Crippen molar-refractivity contribution in [3.8, 4) is 10.4 Å². The molecule has 1 saturated carbocycles. The lowest BCUT2D eigenvalue weighted by Gasteiger charge is -2.26. The third kappa shape index (κ3) is 6.51. The number of likely N-dealkylation sites (tertiary alicyclic amines) is 1. The van der Waals surface area contributed by atoms with Gasteiger partial charge in [0, 0.05) is 35.8 Å². The minimum atomic E-state index is -3.10. The van der Waals surface area contributed by atoms with Gasteiger partial charge in [-0.05, 0) is 59.4 Å². The summed E-state index contributed by atoms with van der Waals surface area (Å²) in [4.78, 5) is 35.8. The first-order valence-corrected chi connectivity index (χ1v) is 13.7. The number of thiazole rings is 1. The molecule has 4 rings (SSSR count). The first-order valence-electron chi connectivity index (χ1n) is 12.8. The van der Waals surface area contributed by atoms with Gasteiger partial charge in [-0.2, -0.15) is 0 Å². The van der Waals surface area contributed by atoms with Crippen molar-refractivity contribution in [3.05, 3.63) is 28.5 Å². The second-order valence-electron chi connectivity index (χ2n) is 11.1. The summed E-state index contributed by atoms with van der Waals surface area (Å²) in [6.07, 6.45) is -0.210. The molecule has 1 aliphatic heterocycles. The molecule has 0 spiro atoms. The zero-order chi connectivity index (χ0) is 28.9. The van der Waals surface area contributed by atoms with Crippen LogP contribution in [0, 0.1) is 5.92 Å². The number of hydrogen-bond donors (Lipinski definition) is 3. The molecule has 214 valence electrons. The normalized spacial score (nSPS) is 20.7. The maximum atomic E-state index is 14.3. The van der Waals surface area contributed by atoms with E-state index in [9.17, 15) is 32.3 Å². The third-order valence-corrected chi connectivity index (χ3v) is 8.43. The first kappa shape index (κ1) is 29.2. The standard InChI is InChI=1S/C26H33F4N5O3S/c1-12-9-26(29,30)11-35(12)24(37)19-20(39-23(34-19)22(36)33-14(3)25(4,5)38)17-10-31-18(8-16(17)21(27)28)32-13(2)15-6-7-15/h8,10,12-15,21,38H,6-7,9,11H2,1-5H3,(H,31,32)(H,33,36)/t12-,13-,14+/m0/s1. The second kappa shape index (κ2) is 10.6. The van der Waals surface area contributed by atoms with Gasteiger partial charge in [0.15, 0.2) is 5.01 Å². The Hall–Kier alpha value is -2.80. The average molecular weight is 572 g/mol. The number of nitrogens with one attached hydrogen (secondary N) is 2. The fourth-order valence-corrected chi connectivity index (χ4v) is 5.46. The molecule has 2 aromatic heterocycles. The predicted molar refractivity (Wildman–Crippen MR) is 139 cm³/mol. The van der Waals surface area contributed by atoms with E-state index < -0.39 is 60.4 Å². The van der Waals surface area contributed by atoms with Crippen molar-refractivity contribution in [3.63, 3.8) is 0 Å². The van der Waals surface area contributed by atoms with Gasteiger partial charge in [0.2, 0.25) is 0 Å². The zero-order valence-electron chi connectivity index (χ0n) is 22.4. The summed E-state index contributed by atoms with van der Waals surface area (Å²) < 4.78 is 56.8. The van der Waals surface area contributed by atoms with E-state index in [2.05, 4.69) is 20.6 Å². The molecule has 3 N–H and O–H groups in total. The highest BCUT2D eigenvalue weighted by molar-refractivity contribution is 7.17. The number of hydrogen-bond acceptors (Lipinski definition) is 7. The van der Waals surface area contributed by atoms with Crippen molar-refractivity contribution in [1.82, 2.24) is 20.2 Å². The number of rotatable bonds is 9. The number of carbonyl (C=O) groups excluding carboxylic acids is 2. The Kier molecular flexibility index (Phi) is 7.96. The lowest BCUT2D eigenvalue weighted by Crippen LogP contribution is -2.47. The van der Waals surface area contributed by atoms with Crippen molar-refractivity contribution in [2.24, 2.45) is 5.92 Å². The van der Waals surface area contributed by atoms with Gasteiger partial charge in [-0.3, -0.25) is 9.59 Å². The van der Waals surface area contributed by atoms with Crippen LogP contribution in [0.2, 0.25) is 0 Å². The Morgan fingerprint density at radius 2 is 1.92 bits per heavy atom. The van der Waals surface area contributed by atoms with Crippen LogP contribution in [-0.4, -0.2) is 68.0 Å². The van der Waals surface area contributed by atoms with Crippen LogP contribution < -0.4 is 10.6 Å². The van der Waals surface area contributed by atoms with Crippen LogP contribution in [0.1, 0.15) is 86.2 Å². The molecule has 0 aromatic carbocycles. The third-order valence-electron chi connectivity index (χ3n) is 7.34. The minimum absolute atomic E-state index is 0.0424. The molecule has 1 saturated heterocycles. The molecule has 3 heterocycles. The monoisotopic (exact) mass is 571 g/mol. The number of pyridine rings is 1.